The first-order chi connectivity index (χ1) is 9.33. The fourth-order valence-electron chi connectivity index (χ4n) is 1.51. The van der Waals surface area contributed by atoms with Crippen molar-refractivity contribution in [2.45, 2.75) is 0 Å². The predicted octanol–water partition coefficient (Wildman–Crippen LogP) is 1.94. The molecule has 6 nitrogen and oxygen atoms in total. The van der Waals surface area contributed by atoms with E-state index in [0.717, 1.165) is 5.69 Å². The van der Waals surface area contributed by atoms with Gasteiger partial charge in [-0.3, -0.25) is 0 Å². The monoisotopic (exact) mass is 272 g/mol. The summed E-state index contributed by atoms with van der Waals surface area (Å²) < 4.78 is 6.82. The first-order valence-electron chi connectivity index (χ1n) is 5.40. The third-order valence-electron chi connectivity index (χ3n) is 2.36. The molecule has 94 valence electrons. The van der Waals surface area contributed by atoms with E-state index < -0.39 is 5.97 Å². The summed E-state index contributed by atoms with van der Waals surface area (Å²) in [4.78, 5) is 15.7. The summed E-state index contributed by atoms with van der Waals surface area (Å²) in [7, 11) is 0. The van der Waals surface area contributed by atoms with Gasteiger partial charge in [0.25, 0.3) is 0 Å². The lowest BCUT2D eigenvalue weighted by Crippen LogP contribution is -2.09. The van der Waals surface area contributed by atoms with Gasteiger partial charge < -0.3 is 4.74 Å². The van der Waals surface area contributed by atoms with Crippen LogP contribution in [0.5, 0.6) is 5.75 Å². The summed E-state index contributed by atoms with van der Waals surface area (Å²) >= 11 is 1.35. The van der Waals surface area contributed by atoms with Crippen molar-refractivity contribution < 1.29 is 9.53 Å². The molecule has 1 aromatic carbocycles. The van der Waals surface area contributed by atoms with Crippen LogP contribution >= 0.6 is 11.3 Å². The lowest BCUT2D eigenvalue weighted by Gasteiger charge is -2.05. The molecule has 0 unspecified atom stereocenters. The van der Waals surface area contributed by atoms with Gasteiger partial charge in [0.1, 0.15) is 5.75 Å². The third kappa shape index (κ3) is 2.50. The molecule has 2 aromatic heterocycles. The number of hydrogen-bond donors (Lipinski definition) is 0. The normalized spacial score (nSPS) is 10.3. The SMILES string of the molecule is O=C(Oc1cccc(-n2ccnn2)c1)c1cscn1. The fourth-order valence-corrected chi connectivity index (χ4v) is 2.03. The van der Waals surface area contributed by atoms with Crippen molar-refractivity contribution in [2.24, 2.45) is 0 Å². The molecule has 7 heteroatoms. The topological polar surface area (TPSA) is 69.9 Å². The molecule has 0 saturated heterocycles. The van der Waals surface area contributed by atoms with E-state index in [0.29, 0.717) is 11.4 Å². The Kier molecular flexibility index (Phi) is 3.03. The second-order valence-corrected chi connectivity index (χ2v) is 4.33. The van der Waals surface area contributed by atoms with Gasteiger partial charge in [0, 0.05) is 11.4 Å². The summed E-state index contributed by atoms with van der Waals surface area (Å²) in [5, 5.41) is 9.24. The lowest BCUT2D eigenvalue weighted by atomic mass is 10.3. The van der Waals surface area contributed by atoms with Crippen molar-refractivity contribution in [1.29, 1.82) is 0 Å². The smallest absolute Gasteiger partial charge is 0.363 e. The van der Waals surface area contributed by atoms with Crippen LogP contribution in [0.1, 0.15) is 10.5 Å². The van der Waals surface area contributed by atoms with Crippen LogP contribution in [0, 0.1) is 0 Å². The fraction of sp³-hybridized carbons (Fsp3) is 0. The molecule has 0 N–H and O–H groups in total. The molecule has 3 rings (SSSR count). The van der Waals surface area contributed by atoms with Crippen LogP contribution in [0.3, 0.4) is 0 Å². The molecule has 0 aliphatic heterocycles. The van der Waals surface area contributed by atoms with Crippen LogP contribution in [0.25, 0.3) is 5.69 Å². The Morgan fingerprint density at radius 3 is 3.05 bits per heavy atom. The van der Waals surface area contributed by atoms with E-state index in [1.807, 2.05) is 6.07 Å². The molecule has 0 bridgehead atoms. The van der Waals surface area contributed by atoms with Gasteiger partial charge in [0.2, 0.25) is 0 Å². The first kappa shape index (κ1) is 11.5. The van der Waals surface area contributed by atoms with Gasteiger partial charge in [-0.1, -0.05) is 11.3 Å². The summed E-state index contributed by atoms with van der Waals surface area (Å²) in [5.74, 6) is -0.0389. The van der Waals surface area contributed by atoms with Crippen LogP contribution in [0.2, 0.25) is 0 Å². The van der Waals surface area contributed by atoms with E-state index in [2.05, 4.69) is 15.3 Å². The minimum absolute atomic E-state index is 0.302. The highest BCUT2D eigenvalue weighted by Gasteiger charge is 2.11. The van der Waals surface area contributed by atoms with E-state index in [1.54, 1.807) is 46.2 Å². The van der Waals surface area contributed by atoms with Crippen molar-refractivity contribution in [2.75, 3.05) is 0 Å². The van der Waals surface area contributed by atoms with Crippen molar-refractivity contribution >= 4 is 17.3 Å². The zero-order valence-corrected chi connectivity index (χ0v) is 10.4. The summed E-state index contributed by atoms with van der Waals surface area (Å²) in [6.45, 7) is 0. The average Bonchev–Trinajstić information content (AvgIpc) is 3.13. The van der Waals surface area contributed by atoms with E-state index in [-0.39, 0.29) is 0 Å². The molecule has 3 aromatic rings. The highest BCUT2D eigenvalue weighted by Crippen LogP contribution is 2.17. The van der Waals surface area contributed by atoms with Crippen LogP contribution in [-0.2, 0) is 0 Å². The lowest BCUT2D eigenvalue weighted by molar-refractivity contribution is 0.0729. The summed E-state index contributed by atoms with van der Waals surface area (Å²) in [6.07, 6.45) is 3.29. The maximum absolute atomic E-state index is 11.8. The Balaban J connectivity index is 1.82. The second-order valence-electron chi connectivity index (χ2n) is 3.61. The maximum Gasteiger partial charge on any atom is 0.363 e. The van der Waals surface area contributed by atoms with E-state index in [4.69, 9.17) is 4.74 Å². The van der Waals surface area contributed by atoms with Gasteiger partial charge in [-0.2, -0.15) is 0 Å². The number of carbonyl (C=O) groups is 1. The molecule has 0 fully saturated rings. The Labute approximate surface area is 112 Å². The van der Waals surface area contributed by atoms with Gasteiger partial charge in [-0.25, -0.2) is 14.5 Å². The summed E-state index contributed by atoms with van der Waals surface area (Å²) in [6, 6.07) is 7.03. The molecule has 0 atom stereocenters. The van der Waals surface area contributed by atoms with Crippen LogP contribution in [-0.4, -0.2) is 25.9 Å². The molecular weight excluding hydrogens is 264 g/mol. The average molecular weight is 272 g/mol. The number of thiazole rings is 1. The third-order valence-corrected chi connectivity index (χ3v) is 2.94. The first-order valence-corrected chi connectivity index (χ1v) is 6.34. The highest BCUT2D eigenvalue weighted by molar-refractivity contribution is 7.07. The Bertz CT molecular complexity index is 680. The quantitative estimate of drug-likeness (QED) is 0.538. The molecule has 19 heavy (non-hydrogen) atoms. The van der Waals surface area contributed by atoms with E-state index in [1.165, 1.54) is 11.3 Å². The van der Waals surface area contributed by atoms with E-state index >= 15 is 0 Å². The Morgan fingerprint density at radius 2 is 2.32 bits per heavy atom. The van der Waals surface area contributed by atoms with Crippen molar-refractivity contribution in [1.82, 2.24) is 20.0 Å². The van der Waals surface area contributed by atoms with Gasteiger partial charge in [-0.05, 0) is 12.1 Å². The molecule has 2 heterocycles. The highest BCUT2D eigenvalue weighted by atomic mass is 32.1. The van der Waals surface area contributed by atoms with Crippen LogP contribution in [0.4, 0.5) is 0 Å². The van der Waals surface area contributed by atoms with Gasteiger partial charge >= 0.3 is 5.97 Å². The zero-order chi connectivity index (χ0) is 13.1. The molecule has 0 spiro atoms. The minimum Gasteiger partial charge on any atom is -0.422 e. The number of esters is 1. The van der Waals surface area contributed by atoms with Crippen LogP contribution in [0.15, 0.2) is 47.5 Å². The number of benzene rings is 1. The number of nitrogens with zero attached hydrogens (tertiary/aromatic N) is 4. The van der Waals surface area contributed by atoms with Crippen molar-refractivity contribution in [3.63, 3.8) is 0 Å². The predicted molar refractivity (Wildman–Crippen MR) is 68.4 cm³/mol. The minimum atomic E-state index is -0.475. The standard InChI is InChI=1S/C12H8N4O2S/c17-12(11-7-19-8-13-11)18-10-3-1-2-9(6-10)16-5-4-14-15-16/h1-8H. The number of ether oxygens (including phenoxy) is 1. The second kappa shape index (κ2) is 4.99. The largest absolute Gasteiger partial charge is 0.422 e. The molecular formula is C12H8N4O2S. The Morgan fingerprint density at radius 1 is 1.37 bits per heavy atom. The molecule has 0 saturated carbocycles. The molecule has 0 radical (unpaired) electrons. The van der Waals surface area contributed by atoms with Crippen LogP contribution < -0.4 is 4.74 Å². The molecule has 0 amide bonds. The van der Waals surface area contributed by atoms with Crippen molar-refractivity contribution in [3.05, 3.63) is 53.2 Å². The van der Waals surface area contributed by atoms with Gasteiger partial charge in [0.15, 0.2) is 5.69 Å². The van der Waals surface area contributed by atoms with Gasteiger partial charge in [-0.15, -0.1) is 16.4 Å². The number of carbonyl (C=O) groups excluding carboxylic acids is 1. The Hall–Kier alpha value is -2.54. The maximum atomic E-state index is 11.8. The zero-order valence-electron chi connectivity index (χ0n) is 9.63. The van der Waals surface area contributed by atoms with E-state index in [9.17, 15) is 4.79 Å². The number of aromatic nitrogens is 4. The molecule has 0 aliphatic carbocycles. The number of rotatable bonds is 3. The van der Waals surface area contributed by atoms with Crippen molar-refractivity contribution in [3.8, 4) is 11.4 Å². The molecule has 0 aliphatic rings. The number of hydrogen-bond acceptors (Lipinski definition) is 6. The summed E-state index contributed by atoms with van der Waals surface area (Å²) in [5.41, 5.74) is 2.65. The van der Waals surface area contributed by atoms with Gasteiger partial charge in [0.05, 0.1) is 23.6 Å².